The fourth-order valence-electron chi connectivity index (χ4n) is 0.0988. The van der Waals surface area contributed by atoms with Crippen LogP contribution in [0.2, 0.25) is 0 Å². The SMILES string of the molecule is C[C@@H](C(=O)O)N(O)O. The summed E-state index contributed by atoms with van der Waals surface area (Å²) in [5, 5.41) is 23.6. The number of carboxylic acids is 1. The summed E-state index contributed by atoms with van der Waals surface area (Å²) in [7, 11) is 0. The van der Waals surface area contributed by atoms with Crippen LogP contribution in [0.3, 0.4) is 0 Å². The van der Waals surface area contributed by atoms with Gasteiger partial charge < -0.3 is 5.11 Å². The molecule has 0 aromatic rings. The maximum absolute atomic E-state index is 9.78. The van der Waals surface area contributed by atoms with Gasteiger partial charge in [-0.1, -0.05) is 5.23 Å². The van der Waals surface area contributed by atoms with E-state index in [1.54, 1.807) is 0 Å². The topological polar surface area (TPSA) is 81.0 Å². The summed E-state index contributed by atoms with van der Waals surface area (Å²) in [6.45, 7) is 1.14. The van der Waals surface area contributed by atoms with Gasteiger partial charge in [0.1, 0.15) is 0 Å². The largest absolute Gasteiger partial charge is 0.480 e. The van der Waals surface area contributed by atoms with Crippen LogP contribution in [0.5, 0.6) is 0 Å². The summed E-state index contributed by atoms with van der Waals surface area (Å²) in [6, 6.07) is -1.27. The second kappa shape index (κ2) is 2.61. The molecule has 0 aliphatic carbocycles. The van der Waals surface area contributed by atoms with Gasteiger partial charge in [0.2, 0.25) is 0 Å². The molecule has 3 N–H and O–H groups in total. The molecule has 5 heteroatoms. The predicted octanol–water partition coefficient (Wildman–Crippen LogP) is -0.460. The van der Waals surface area contributed by atoms with Gasteiger partial charge in [0.25, 0.3) is 0 Å². The van der Waals surface area contributed by atoms with Crippen molar-refractivity contribution in [2.75, 3.05) is 0 Å². The fourth-order valence-corrected chi connectivity index (χ4v) is 0.0988. The van der Waals surface area contributed by atoms with E-state index >= 15 is 0 Å². The van der Waals surface area contributed by atoms with Crippen LogP contribution >= 0.6 is 0 Å². The number of hydrogen-bond acceptors (Lipinski definition) is 4. The highest BCUT2D eigenvalue weighted by Crippen LogP contribution is 1.87. The van der Waals surface area contributed by atoms with Gasteiger partial charge in [-0.3, -0.25) is 15.2 Å². The minimum atomic E-state index is -1.28. The molecule has 0 unspecified atom stereocenters. The molecule has 0 heterocycles. The molecule has 5 nitrogen and oxygen atoms in total. The van der Waals surface area contributed by atoms with Crippen LogP contribution in [0.1, 0.15) is 6.92 Å². The van der Waals surface area contributed by atoms with Crippen LogP contribution < -0.4 is 0 Å². The first-order valence-corrected chi connectivity index (χ1v) is 1.95. The summed E-state index contributed by atoms with van der Waals surface area (Å²) in [5.41, 5.74) is 0. The van der Waals surface area contributed by atoms with Crippen molar-refractivity contribution in [2.45, 2.75) is 13.0 Å². The lowest BCUT2D eigenvalue weighted by Gasteiger charge is -2.08. The molecule has 0 fully saturated rings. The van der Waals surface area contributed by atoms with Crippen molar-refractivity contribution in [3.8, 4) is 0 Å². The van der Waals surface area contributed by atoms with E-state index in [0.29, 0.717) is 0 Å². The lowest BCUT2D eigenvalue weighted by molar-refractivity contribution is -0.324. The monoisotopic (exact) mass is 121 g/mol. The third-order valence-electron chi connectivity index (χ3n) is 0.704. The maximum Gasteiger partial charge on any atom is 0.325 e. The Balaban J connectivity index is 3.64. The molecule has 1 atom stereocenters. The summed E-state index contributed by atoms with van der Waals surface area (Å²) in [5.74, 6) is -1.28. The molecule has 0 bridgehead atoms. The van der Waals surface area contributed by atoms with E-state index < -0.39 is 12.0 Å². The van der Waals surface area contributed by atoms with E-state index in [1.807, 2.05) is 0 Å². The molecule has 0 spiro atoms. The molecular formula is C3H7NO4. The van der Waals surface area contributed by atoms with Crippen LogP contribution in [-0.4, -0.2) is 32.8 Å². The summed E-state index contributed by atoms with van der Waals surface area (Å²) in [4.78, 5) is 9.78. The molecule has 48 valence electrons. The first-order valence-electron chi connectivity index (χ1n) is 1.95. The summed E-state index contributed by atoms with van der Waals surface area (Å²) in [6.07, 6.45) is 0. The third kappa shape index (κ3) is 1.87. The van der Waals surface area contributed by atoms with Crippen molar-refractivity contribution in [1.82, 2.24) is 5.23 Å². The van der Waals surface area contributed by atoms with E-state index in [2.05, 4.69) is 0 Å². The Bertz CT molecular complexity index is 91.3. The van der Waals surface area contributed by atoms with Crippen molar-refractivity contribution in [3.05, 3.63) is 0 Å². The van der Waals surface area contributed by atoms with Crippen molar-refractivity contribution in [2.24, 2.45) is 0 Å². The van der Waals surface area contributed by atoms with Crippen molar-refractivity contribution >= 4 is 5.97 Å². The average molecular weight is 121 g/mol. The van der Waals surface area contributed by atoms with Crippen molar-refractivity contribution in [1.29, 1.82) is 0 Å². The van der Waals surface area contributed by atoms with Gasteiger partial charge in [-0.2, -0.15) is 0 Å². The summed E-state index contributed by atoms with van der Waals surface area (Å²) < 4.78 is 0. The Labute approximate surface area is 45.7 Å². The Kier molecular flexibility index (Phi) is 2.40. The molecule has 0 saturated heterocycles. The highest BCUT2D eigenvalue weighted by molar-refractivity contribution is 5.72. The highest BCUT2D eigenvalue weighted by atomic mass is 16.8. The van der Waals surface area contributed by atoms with Gasteiger partial charge in [0, 0.05) is 0 Å². The molecule has 0 aromatic carbocycles. The summed E-state index contributed by atoms with van der Waals surface area (Å²) >= 11 is 0. The highest BCUT2D eigenvalue weighted by Gasteiger charge is 2.15. The van der Waals surface area contributed by atoms with Gasteiger partial charge in [-0.05, 0) is 6.92 Å². The van der Waals surface area contributed by atoms with Gasteiger partial charge in [0.05, 0.1) is 0 Å². The standard InChI is InChI=1S/C3H7NO4/c1-2(3(5)6)4(7)8/h2,7-8H,1H3,(H,5,6)/t2-/m0/s1. The molecule has 0 rings (SSSR count). The lowest BCUT2D eigenvalue weighted by atomic mass is 10.4. The number of nitrogens with zero attached hydrogens (tertiary/aromatic N) is 1. The minimum absolute atomic E-state index is 0.359. The average Bonchev–Trinajstić information content (AvgIpc) is 1.64. The second-order valence-electron chi connectivity index (χ2n) is 1.33. The molecule has 0 aliphatic heterocycles. The van der Waals surface area contributed by atoms with E-state index in [4.69, 9.17) is 15.5 Å². The molecule has 0 aromatic heterocycles. The Morgan fingerprint density at radius 2 is 2.00 bits per heavy atom. The number of hydroxylamine groups is 2. The smallest absolute Gasteiger partial charge is 0.325 e. The van der Waals surface area contributed by atoms with Gasteiger partial charge in [-0.25, -0.2) is 0 Å². The van der Waals surface area contributed by atoms with Crippen LogP contribution in [0, 0.1) is 0 Å². The van der Waals surface area contributed by atoms with Crippen LogP contribution in [0.4, 0.5) is 0 Å². The zero-order valence-electron chi connectivity index (χ0n) is 4.27. The first kappa shape index (κ1) is 7.35. The Morgan fingerprint density at radius 1 is 1.62 bits per heavy atom. The van der Waals surface area contributed by atoms with Gasteiger partial charge >= 0.3 is 5.97 Å². The van der Waals surface area contributed by atoms with E-state index in [9.17, 15) is 4.79 Å². The van der Waals surface area contributed by atoms with E-state index in [1.165, 1.54) is 0 Å². The Morgan fingerprint density at radius 3 is 2.00 bits per heavy atom. The molecule has 8 heavy (non-hydrogen) atoms. The van der Waals surface area contributed by atoms with Gasteiger partial charge in [-0.15, -0.1) is 0 Å². The number of carboxylic acid groups (broad SMARTS) is 1. The fraction of sp³-hybridized carbons (Fsp3) is 0.667. The van der Waals surface area contributed by atoms with Crippen LogP contribution in [0.25, 0.3) is 0 Å². The quantitative estimate of drug-likeness (QED) is 0.431. The van der Waals surface area contributed by atoms with Crippen molar-refractivity contribution < 1.29 is 20.3 Å². The van der Waals surface area contributed by atoms with Crippen LogP contribution in [0.15, 0.2) is 0 Å². The first-order chi connectivity index (χ1) is 3.55. The number of aliphatic carboxylic acids is 1. The third-order valence-corrected chi connectivity index (χ3v) is 0.704. The number of hydrogen-bond donors (Lipinski definition) is 3. The molecule has 0 radical (unpaired) electrons. The molecule has 0 amide bonds. The van der Waals surface area contributed by atoms with E-state index in [-0.39, 0.29) is 5.23 Å². The molecular weight excluding hydrogens is 114 g/mol. The number of carbonyl (C=O) groups is 1. The minimum Gasteiger partial charge on any atom is -0.480 e. The van der Waals surface area contributed by atoms with E-state index in [0.717, 1.165) is 6.92 Å². The predicted molar refractivity (Wildman–Crippen MR) is 22.5 cm³/mol. The molecule has 0 saturated carbocycles. The molecule has 0 aliphatic rings. The second-order valence-corrected chi connectivity index (χ2v) is 1.33. The van der Waals surface area contributed by atoms with Crippen molar-refractivity contribution in [3.63, 3.8) is 0 Å². The zero-order valence-corrected chi connectivity index (χ0v) is 4.27. The zero-order chi connectivity index (χ0) is 6.73. The normalized spacial score (nSPS) is 14.0. The Hall–Kier alpha value is -0.650. The lowest BCUT2D eigenvalue weighted by Crippen LogP contribution is -2.33. The van der Waals surface area contributed by atoms with Gasteiger partial charge in [0.15, 0.2) is 6.04 Å². The van der Waals surface area contributed by atoms with Crippen LogP contribution in [-0.2, 0) is 4.79 Å². The number of rotatable bonds is 2. The maximum atomic E-state index is 9.78.